The van der Waals surface area contributed by atoms with E-state index < -0.39 is 0 Å². The highest BCUT2D eigenvalue weighted by molar-refractivity contribution is 5.16. The van der Waals surface area contributed by atoms with Crippen LogP contribution in [0.4, 0.5) is 0 Å². The summed E-state index contributed by atoms with van der Waals surface area (Å²) in [4.78, 5) is 0. The molecule has 1 nitrogen and oxygen atoms in total. The van der Waals surface area contributed by atoms with Gasteiger partial charge in [-0.3, -0.25) is 0 Å². The maximum absolute atomic E-state index is 5.59. The van der Waals surface area contributed by atoms with Crippen LogP contribution in [0.2, 0.25) is 0 Å². The zero-order valence-electron chi connectivity index (χ0n) is 11.5. The second-order valence-corrected chi connectivity index (χ2v) is 3.17. The van der Waals surface area contributed by atoms with Gasteiger partial charge in [0.1, 0.15) is 0 Å². The topological polar surface area (TPSA) is 26.0 Å². The summed E-state index contributed by atoms with van der Waals surface area (Å²) in [7, 11) is 0. The molecular formula is C15H27N. The van der Waals surface area contributed by atoms with Crippen molar-refractivity contribution < 1.29 is 0 Å². The molecule has 2 N–H and O–H groups in total. The van der Waals surface area contributed by atoms with Crippen LogP contribution in [0.5, 0.6) is 0 Å². The third kappa shape index (κ3) is 8.10. The van der Waals surface area contributed by atoms with Crippen LogP contribution in [0.3, 0.4) is 0 Å². The van der Waals surface area contributed by atoms with Gasteiger partial charge in [-0.2, -0.15) is 0 Å². The molecule has 0 amide bonds. The molecule has 0 unspecified atom stereocenters. The Kier molecular flexibility index (Phi) is 12.7. The van der Waals surface area contributed by atoms with Gasteiger partial charge < -0.3 is 5.73 Å². The molecule has 0 aliphatic carbocycles. The summed E-state index contributed by atoms with van der Waals surface area (Å²) in [6.45, 7) is 13.8. The van der Waals surface area contributed by atoms with Crippen molar-refractivity contribution in [3.63, 3.8) is 0 Å². The average Bonchev–Trinajstić information content (AvgIpc) is 2.35. The molecule has 0 saturated heterocycles. The van der Waals surface area contributed by atoms with Crippen molar-refractivity contribution in [2.24, 2.45) is 11.7 Å². The highest BCUT2D eigenvalue weighted by atomic mass is 14.6. The van der Waals surface area contributed by atoms with Gasteiger partial charge in [-0.25, -0.2) is 0 Å². The molecule has 1 heteroatoms. The van der Waals surface area contributed by atoms with E-state index in [9.17, 15) is 0 Å². The van der Waals surface area contributed by atoms with Gasteiger partial charge >= 0.3 is 0 Å². The average molecular weight is 221 g/mol. The Labute approximate surface area is 101 Å². The van der Waals surface area contributed by atoms with E-state index in [2.05, 4.69) is 25.6 Å². The third-order valence-electron chi connectivity index (χ3n) is 2.02. The molecule has 0 spiro atoms. The van der Waals surface area contributed by atoms with E-state index in [0.717, 1.165) is 12.1 Å². The van der Waals surface area contributed by atoms with Crippen LogP contribution < -0.4 is 5.73 Å². The van der Waals surface area contributed by atoms with Crippen LogP contribution in [-0.2, 0) is 6.42 Å². The van der Waals surface area contributed by atoms with Crippen molar-refractivity contribution in [1.82, 2.24) is 0 Å². The van der Waals surface area contributed by atoms with Crippen molar-refractivity contribution in [3.05, 3.63) is 48.2 Å². The van der Waals surface area contributed by atoms with Gasteiger partial charge in [0.15, 0.2) is 0 Å². The van der Waals surface area contributed by atoms with Crippen LogP contribution in [-0.4, -0.2) is 0 Å². The highest BCUT2D eigenvalue weighted by Gasteiger charge is 2.03. The van der Waals surface area contributed by atoms with Crippen molar-refractivity contribution in [3.8, 4) is 0 Å². The molecule has 0 bridgehead atoms. The van der Waals surface area contributed by atoms with Gasteiger partial charge in [-0.05, 0) is 17.9 Å². The van der Waals surface area contributed by atoms with Gasteiger partial charge in [0.05, 0.1) is 0 Å². The summed E-state index contributed by atoms with van der Waals surface area (Å²) < 4.78 is 0. The minimum atomic E-state index is 0.368. The number of benzene rings is 1. The number of hydrogen-bond acceptors (Lipinski definition) is 1. The fourth-order valence-electron chi connectivity index (χ4n) is 1.10. The van der Waals surface area contributed by atoms with Crippen LogP contribution in [0.15, 0.2) is 42.6 Å². The first-order valence-corrected chi connectivity index (χ1v) is 6.18. The SMILES string of the molecule is C=C(N)[C@@H](C)Cc1ccccc1.CC.CC. The Morgan fingerprint density at radius 1 is 1.12 bits per heavy atom. The smallest absolute Gasteiger partial charge is 0.00395 e. The van der Waals surface area contributed by atoms with E-state index in [1.165, 1.54) is 5.56 Å². The molecule has 0 heterocycles. The van der Waals surface area contributed by atoms with Crippen molar-refractivity contribution >= 4 is 0 Å². The van der Waals surface area contributed by atoms with E-state index in [-0.39, 0.29) is 0 Å². The van der Waals surface area contributed by atoms with Gasteiger partial charge in [0, 0.05) is 5.70 Å². The van der Waals surface area contributed by atoms with Crippen LogP contribution in [0, 0.1) is 5.92 Å². The minimum absolute atomic E-state index is 0.368. The highest BCUT2D eigenvalue weighted by Crippen LogP contribution is 2.11. The summed E-state index contributed by atoms with van der Waals surface area (Å²) in [5.74, 6) is 0.368. The lowest BCUT2D eigenvalue weighted by atomic mass is 9.99. The lowest BCUT2D eigenvalue weighted by molar-refractivity contribution is 0.672. The molecule has 1 aromatic carbocycles. The molecule has 0 saturated carbocycles. The van der Waals surface area contributed by atoms with Crippen molar-refractivity contribution in [2.45, 2.75) is 41.0 Å². The fraction of sp³-hybridized carbons (Fsp3) is 0.467. The van der Waals surface area contributed by atoms with Gasteiger partial charge in [-0.1, -0.05) is 71.5 Å². The lowest BCUT2D eigenvalue weighted by Gasteiger charge is -2.09. The van der Waals surface area contributed by atoms with Crippen molar-refractivity contribution in [1.29, 1.82) is 0 Å². The number of nitrogens with two attached hydrogens (primary N) is 1. The summed E-state index contributed by atoms with van der Waals surface area (Å²) >= 11 is 0. The Morgan fingerprint density at radius 2 is 1.56 bits per heavy atom. The van der Waals surface area contributed by atoms with Crippen LogP contribution in [0.25, 0.3) is 0 Å². The quantitative estimate of drug-likeness (QED) is 0.805. The summed E-state index contributed by atoms with van der Waals surface area (Å²) in [5.41, 5.74) is 7.67. The molecule has 0 aliphatic rings. The summed E-state index contributed by atoms with van der Waals surface area (Å²) in [6, 6.07) is 10.3. The fourth-order valence-corrected chi connectivity index (χ4v) is 1.10. The third-order valence-corrected chi connectivity index (χ3v) is 2.02. The monoisotopic (exact) mass is 221 g/mol. The van der Waals surface area contributed by atoms with E-state index in [1.807, 2.05) is 45.9 Å². The Hall–Kier alpha value is -1.24. The van der Waals surface area contributed by atoms with Crippen LogP contribution >= 0.6 is 0 Å². The number of allylic oxidation sites excluding steroid dienone is 1. The predicted molar refractivity (Wildman–Crippen MR) is 75.3 cm³/mol. The second kappa shape index (κ2) is 11.8. The standard InChI is InChI=1S/C11H15N.2C2H6/c1-9(10(2)12)8-11-6-4-3-5-7-11;2*1-2/h3-7,9H,2,8,12H2,1H3;2*1-2H3/t9-;;/m0../s1. The Morgan fingerprint density at radius 3 is 1.94 bits per heavy atom. The largest absolute Gasteiger partial charge is 0.402 e. The molecule has 1 rings (SSSR count). The minimum Gasteiger partial charge on any atom is -0.402 e. The van der Waals surface area contributed by atoms with Gasteiger partial charge in [-0.15, -0.1) is 0 Å². The zero-order valence-corrected chi connectivity index (χ0v) is 11.5. The van der Waals surface area contributed by atoms with Crippen molar-refractivity contribution in [2.75, 3.05) is 0 Å². The normalized spacial score (nSPS) is 10.1. The Bertz CT molecular complexity index is 251. The summed E-state index contributed by atoms with van der Waals surface area (Å²) in [6.07, 6.45) is 0.982. The van der Waals surface area contributed by atoms with E-state index >= 15 is 0 Å². The predicted octanol–water partition coefficient (Wildman–Crippen LogP) is 4.39. The van der Waals surface area contributed by atoms with Gasteiger partial charge in [0.25, 0.3) is 0 Å². The zero-order chi connectivity index (χ0) is 13.0. The molecule has 1 aromatic rings. The Balaban J connectivity index is 0. The lowest BCUT2D eigenvalue weighted by Crippen LogP contribution is -2.09. The maximum Gasteiger partial charge on any atom is 0.00395 e. The van der Waals surface area contributed by atoms with Gasteiger partial charge in [0.2, 0.25) is 0 Å². The molecule has 0 fully saturated rings. The second-order valence-electron chi connectivity index (χ2n) is 3.17. The first-order valence-electron chi connectivity index (χ1n) is 6.18. The molecular weight excluding hydrogens is 194 g/mol. The number of rotatable bonds is 3. The van der Waals surface area contributed by atoms with E-state index in [4.69, 9.17) is 5.73 Å². The number of hydrogen-bond donors (Lipinski definition) is 1. The maximum atomic E-state index is 5.59. The van der Waals surface area contributed by atoms with E-state index in [1.54, 1.807) is 0 Å². The molecule has 92 valence electrons. The summed E-state index contributed by atoms with van der Waals surface area (Å²) in [5, 5.41) is 0. The first-order chi connectivity index (χ1) is 7.70. The molecule has 1 atom stereocenters. The van der Waals surface area contributed by atoms with Crippen LogP contribution in [0.1, 0.15) is 40.2 Å². The molecule has 16 heavy (non-hydrogen) atoms. The molecule has 0 aliphatic heterocycles. The van der Waals surface area contributed by atoms with E-state index in [0.29, 0.717) is 5.92 Å². The molecule has 0 radical (unpaired) electrons. The molecule has 0 aromatic heterocycles. The first kappa shape index (κ1) is 17.2.